The molecule has 1 aliphatic rings. The first kappa shape index (κ1) is 13.5. The van der Waals surface area contributed by atoms with Crippen molar-refractivity contribution < 1.29 is 9.59 Å². The van der Waals surface area contributed by atoms with Gasteiger partial charge in [-0.3, -0.25) is 9.59 Å². The van der Waals surface area contributed by atoms with E-state index in [0.29, 0.717) is 25.1 Å². The maximum absolute atomic E-state index is 11.9. The number of amides is 2. The largest absolute Gasteiger partial charge is 0.352 e. The van der Waals surface area contributed by atoms with E-state index in [-0.39, 0.29) is 11.8 Å². The monoisotopic (exact) mass is 261 g/mol. The number of hydrogen-bond acceptors (Lipinski definition) is 3. The molecule has 1 fully saturated rings. The van der Waals surface area contributed by atoms with Crippen LogP contribution in [0.2, 0.25) is 0 Å². The van der Waals surface area contributed by atoms with Gasteiger partial charge in [0, 0.05) is 30.8 Å². The topological polar surface area (TPSA) is 75.4 Å². The summed E-state index contributed by atoms with van der Waals surface area (Å²) in [5, 5.41) is 2.81. The lowest BCUT2D eigenvalue weighted by Crippen LogP contribution is -2.27. The Labute approximate surface area is 112 Å². The van der Waals surface area contributed by atoms with E-state index in [2.05, 4.69) is 5.32 Å². The minimum atomic E-state index is -0.123. The number of nitrogens with zero attached hydrogens (tertiary/aromatic N) is 1. The first-order valence-electron chi connectivity index (χ1n) is 6.61. The van der Waals surface area contributed by atoms with Crippen molar-refractivity contribution in [1.82, 2.24) is 5.32 Å². The average Bonchev–Trinajstić information content (AvgIpc) is 2.85. The fraction of sp³-hybridized carbons (Fsp3) is 0.429. The van der Waals surface area contributed by atoms with Crippen molar-refractivity contribution in [3.63, 3.8) is 0 Å². The van der Waals surface area contributed by atoms with Gasteiger partial charge in [0.2, 0.25) is 5.91 Å². The summed E-state index contributed by atoms with van der Waals surface area (Å²) in [5.41, 5.74) is 6.76. The van der Waals surface area contributed by atoms with E-state index < -0.39 is 0 Å². The highest BCUT2D eigenvalue weighted by atomic mass is 16.2. The summed E-state index contributed by atoms with van der Waals surface area (Å²) in [6.07, 6.45) is 2.23. The molecule has 1 aliphatic heterocycles. The van der Waals surface area contributed by atoms with Crippen molar-refractivity contribution in [3.8, 4) is 0 Å². The Bertz CT molecular complexity index is 474. The van der Waals surface area contributed by atoms with Crippen LogP contribution >= 0.6 is 0 Å². The highest BCUT2D eigenvalue weighted by molar-refractivity contribution is 5.99. The van der Waals surface area contributed by atoms with Gasteiger partial charge < -0.3 is 16.0 Å². The lowest BCUT2D eigenvalue weighted by atomic mass is 10.1. The molecule has 2 rings (SSSR count). The van der Waals surface area contributed by atoms with E-state index in [1.54, 1.807) is 23.1 Å². The number of rotatable bonds is 5. The lowest BCUT2D eigenvalue weighted by molar-refractivity contribution is -0.117. The van der Waals surface area contributed by atoms with Crippen molar-refractivity contribution in [1.29, 1.82) is 0 Å². The van der Waals surface area contributed by atoms with Crippen LogP contribution in [0.4, 0.5) is 5.69 Å². The van der Waals surface area contributed by atoms with Crippen molar-refractivity contribution in [2.45, 2.75) is 19.3 Å². The van der Waals surface area contributed by atoms with Crippen molar-refractivity contribution >= 4 is 17.5 Å². The second-order valence-electron chi connectivity index (χ2n) is 4.60. The van der Waals surface area contributed by atoms with Gasteiger partial charge in [0.25, 0.3) is 5.91 Å². The summed E-state index contributed by atoms with van der Waals surface area (Å²) in [6.45, 7) is 1.86. The van der Waals surface area contributed by atoms with E-state index in [0.717, 1.165) is 25.1 Å². The first-order valence-corrected chi connectivity index (χ1v) is 6.61. The molecule has 19 heavy (non-hydrogen) atoms. The number of nitrogens with two attached hydrogens (primary N) is 1. The molecule has 5 heteroatoms. The molecule has 2 amide bonds. The fourth-order valence-corrected chi connectivity index (χ4v) is 2.14. The number of carbonyl (C=O) groups excluding carboxylic acids is 2. The predicted molar refractivity (Wildman–Crippen MR) is 74.0 cm³/mol. The quantitative estimate of drug-likeness (QED) is 0.773. The van der Waals surface area contributed by atoms with Gasteiger partial charge in [0.15, 0.2) is 0 Å². The summed E-state index contributed by atoms with van der Waals surface area (Å²) >= 11 is 0. The Kier molecular flexibility index (Phi) is 4.52. The van der Waals surface area contributed by atoms with Crippen LogP contribution in [0.3, 0.4) is 0 Å². The molecule has 1 saturated heterocycles. The number of nitrogens with one attached hydrogen (secondary N) is 1. The Balaban J connectivity index is 2.06. The van der Waals surface area contributed by atoms with Crippen molar-refractivity contribution in [3.05, 3.63) is 29.8 Å². The van der Waals surface area contributed by atoms with Gasteiger partial charge in [0.05, 0.1) is 0 Å². The summed E-state index contributed by atoms with van der Waals surface area (Å²) in [4.78, 5) is 25.3. The number of carbonyl (C=O) groups is 2. The van der Waals surface area contributed by atoms with Gasteiger partial charge in [-0.25, -0.2) is 0 Å². The van der Waals surface area contributed by atoms with Gasteiger partial charge in [-0.05, 0) is 37.6 Å². The summed E-state index contributed by atoms with van der Waals surface area (Å²) < 4.78 is 0. The van der Waals surface area contributed by atoms with Gasteiger partial charge in [-0.15, -0.1) is 0 Å². The molecule has 0 aliphatic carbocycles. The molecule has 1 aromatic carbocycles. The highest BCUT2D eigenvalue weighted by Gasteiger charge is 2.22. The average molecular weight is 261 g/mol. The zero-order valence-corrected chi connectivity index (χ0v) is 10.9. The van der Waals surface area contributed by atoms with Gasteiger partial charge in [-0.2, -0.15) is 0 Å². The maximum atomic E-state index is 11.9. The molecule has 5 nitrogen and oxygen atoms in total. The molecular formula is C14H19N3O2. The van der Waals surface area contributed by atoms with E-state index in [1.807, 2.05) is 6.07 Å². The molecule has 1 heterocycles. The zero-order valence-electron chi connectivity index (χ0n) is 10.9. The molecule has 0 bridgehead atoms. The van der Waals surface area contributed by atoms with Gasteiger partial charge in [-0.1, -0.05) is 6.07 Å². The van der Waals surface area contributed by atoms with Gasteiger partial charge >= 0.3 is 0 Å². The van der Waals surface area contributed by atoms with Crippen LogP contribution in [0.25, 0.3) is 0 Å². The molecule has 0 spiro atoms. The van der Waals surface area contributed by atoms with E-state index in [4.69, 9.17) is 5.73 Å². The molecule has 1 aromatic rings. The van der Waals surface area contributed by atoms with Crippen LogP contribution in [-0.2, 0) is 4.79 Å². The Morgan fingerprint density at radius 2 is 2.26 bits per heavy atom. The van der Waals surface area contributed by atoms with Crippen molar-refractivity contribution in [2.75, 3.05) is 24.5 Å². The third-order valence-corrected chi connectivity index (χ3v) is 3.16. The van der Waals surface area contributed by atoms with Crippen molar-refractivity contribution in [2.24, 2.45) is 5.73 Å². The Morgan fingerprint density at radius 1 is 1.42 bits per heavy atom. The van der Waals surface area contributed by atoms with Crippen LogP contribution in [0.15, 0.2) is 24.3 Å². The second-order valence-corrected chi connectivity index (χ2v) is 4.60. The number of benzene rings is 1. The standard InChI is InChI=1S/C14H19N3O2/c15-7-3-8-16-14(19)11-4-1-5-12(10-11)17-9-2-6-13(17)18/h1,4-5,10H,2-3,6-9,15H2,(H,16,19). The minimum Gasteiger partial charge on any atom is -0.352 e. The Hall–Kier alpha value is -1.88. The molecule has 3 N–H and O–H groups in total. The molecule has 0 atom stereocenters. The lowest BCUT2D eigenvalue weighted by Gasteiger charge is -2.16. The molecule has 0 aromatic heterocycles. The van der Waals surface area contributed by atoms with Crippen LogP contribution in [-0.4, -0.2) is 31.4 Å². The molecule has 102 valence electrons. The Morgan fingerprint density at radius 3 is 2.95 bits per heavy atom. The van der Waals surface area contributed by atoms with E-state index in [9.17, 15) is 9.59 Å². The summed E-state index contributed by atoms with van der Waals surface area (Å²) in [7, 11) is 0. The van der Waals surface area contributed by atoms with Crippen LogP contribution in [0, 0.1) is 0 Å². The third kappa shape index (κ3) is 3.32. The number of anilines is 1. The SMILES string of the molecule is NCCCNC(=O)c1cccc(N2CCCC2=O)c1. The smallest absolute Gasteiger partial charge is 0.251 e. The maximum Gasteiger partial charge on any atom is 0.251 e. The zero-order chi connectivity index (χ0) is 13.7. The molecule has 0 radical (unpaired) electrons. The highest BCUT2D eigenvalue weighted by Crippen LogP contribution is 2.22. The fourth-order valence-electron chi connectivity index (χ4n) is 2.14. The normalized spacial score (nSPS) is 14.8. The summed E-state index contributed by atoms with van der Waals surface area (Å²) in [6, 6.07) is 7.18. The minimum absolute atomic E-state index is 0.123. The molecular weight excluding hydrogens is 242 g/mol. The van der Waals surface area contributed by atoms with Crippen LogP contribution in [0.5, 0.6) is 0 Å². The van der Waals surface area contributed by atoms with Crippen LogP contribution in [0.1, 0.15) is 29.6 Å². The second kappa shape index (κ2) is 6.33. The van der Waals surface area contributed by atoms with E-state index >= 15 is 0 Å². The van der Waals surface area contributed by atoms with Gasteiger partial charge in [0.1, 0.15) is 0 Å². The predicted octanol–water partition coefficient (Wildman–Crippen LogP) is 0.892. The molecule has 0 unspecified atom stereocenters. The molecule has 0 saturated carbocycles. The number of hydrogen-bond donors (Lipinski definition) is 2. The first-order chi connectivity index (χ1) is 9.22. The van der Waals surface area contributed by atoms with E-state index in [1.165, 1.54) is 0 Å². The third-order valence-electron chi connectivity index (χ3n) is 3.16. The summed E-state index contributed by atoms with van der Waals surface area (Å²) in [5.74, 6) is 0.00244. The van der Waals surface area contributed by atoms with Crippen LogP contribution < -0.4 is 16.0 Å².